The zero-order valence-electron chi connectivity index (χ0n) is 17.3. The Kier molecular flexibility index (Phi) is 7.25. The largest absolute Gasteiger partial charge is 0.497 e. The molecule has 2 aromatic rings. The molecule has 1 heterocycles. The van der Waals surface area contributed by atoms with Gasteiger partial charge in [0.05, 0.1) is 19.8 Å². The second-order valence-corrected chi connectivity index (χ2v) is 7.41. The number of nitrogens with zero attached hydrogens (tertiary/aromatic N) is 1. The van der Waals surface area contributed by atoms with E-state index in [2.05, 4.69) is 41.6 Å². The molecule has 1 saturated heterocycles. The number of hydrogen-bond acceptors (Lipinski definition) is 4. The van der Waals surface area contributed by atoms with E-state index < -0.39 is 0 Å². The normalized spacial score (nSPS) is 16.7. The molecule has 0 saturated carbocycles. The van der Waals surface area contributed by atoms with Gasteiger partial charge < -0.3 is 14.8 Å². The highest BCUT2D eigenvalue weighted by Gasteiger charge is 2.16. The molecule has 0 aliphatic carbocycles. The Morgan fingerprint density at radius 1 is 1.24 bits per heavy atom. The van der Waals surface area contributed by atoms with Crippen molar-refractivity contribution in [3.05, 3.63) is 59.7 Å². The molecule has 1 unspecified atom stereocenters. The van der Waals surface area contributed by atoms with Crippen LogP contribution in [0.4, 0.5) is 5.69 Å². The highest BCUT2D eigenvalue weighted by atomic mass is 16.5. The number of ether oxygens (including phenoxy) is 2. The molecule has 29 heavy (non-hydrogen) atoms. The summed E-state index contributed by atoms with van der Waals surface area (Å²) in [5.41, 5.74) is 2.63. The molecule has 1 fully saturated rings. The number of nitrogens with one attached hydrogen (secondary N) is 2. The van der Waals surface area contributed by atoms with Crippen LogP contribution in [0.5, 0.6) is 5.75 Å². The van der Waals surface area contributed by atoms with Crippen LogP contribution in [0.15, 0.2) is 53.5 Å². The Morgan fingerprint density at radius 2 is 2.03 bits per heavy atom. The lowest BCUT2D eigenvalue weighted by Crippen LogP contribution is -2.36. The number of carbonyl (C=O) groups is 1. The maximum absolute atomic E-state index is 12.7. The van der Waals surface area contributed by atoms with Gasteiger partial charge in [-0.05, 0) is 54.7 Å². The summed E-state index contributed by atoms with van der Waals surface area (Å²) in [5, 5.41) is 6.11. The summed E-state index contributed by atoms with van der Waals surface area (Å²) in [6.45, 7) is 5.59. The van der Waals surface area contributed by atoms with Gasteiger partial charge in [0.25, 0.3) is 5.91 Å². The van der Waals surface area contributed by atoms with Gasteiger partial charge in [-0.15, -0.1) is 0 Å². The maximum atomic E-state index is 12.7. The minimum absolute atomic E-state index is 0.101. The van der Waals surface area contributed by atoms with E-state index in [9.17, 15) is 4.79 Å². The van der Waals surface area contributed by atoms with Gasteiger partial charge in [0.15, 0.2) is 0 Å². The molecule has 2 aromatic carbocycles. The third-order valence-electron chi connectivity index (χ3n) is 4.88. The van der Waals surface area contributed by atoms with Crippen LogP contribution >= 0.6 is 0 Å². The van der Waals surface area contributed by atoms with E-state index in [-0.39, 0.29) is 12.0 Å². The van der Waals surface area contributed by atoms with Crippen molar-refractivity contribution in [3.8, 4) is 5.75 Å². The second-order valence-electron chi connectivity index (χ2n) is 7.41. The van der Waals surface area contributed by atoms with Crippen LogP contribution in [0.25, 0.3) is 0 Å². The quantitative estimate of drug-likeness (QED) is 0.568. The predicted molar refractivity (Wildman–Crippen MR) is 116 cm³/mol. The average molecular weight is 396 g/mol. The molecule has 0 aromatic heterocycles. The topological polar surface area (TPSA) is 72.0 Å². The molecular weight excluding hydrogens is 366 g/mol. The minimum Gasteiger partial charge on any atom is -0.497 e. The van der Waals surface area contributed by atoms with Crippen molar-refractivity contribution in [1.29, 1.82) is 0 Å². The van der Waals surface area contributed by atoms with E-state index in [1.165, 1.54) is 5.56 Å². The number of amides is 1. The molecule has 1 aliphatic heterocycles. The lowest BCUT2D eigenvalue weighted by Gasteiger charge is -2.14. The first kappa shape index (κ1) is 20.9. The number of hydrogen-bond donors (Lipinski definition) is 2. The first-order chi connectivity index (χ1) is 14.0. The zero-order chi connectivity index (χ0) is 20.6. The minimum atomic E-state index is -0.249. The number of methoxy groups -OCH3 is 1. The fourth-order valence-electron chi connectivity index (χ4n) is 3.12. The van der Waals surface area contributed by atoms with Crippen molar-refractivity contribution in [3.63, 3.8) is 0 Å². The van der Waals surface area contributed by atoms with E-state index in [4.69, 9.17) is 9.47 Å². The van der Waals surface area contributed by atoms with Crippen molar-refractivity contribution < 1.29 is 14.3 Å². The number of benzene rings is 2. The molecule has 1 aliphatic rings. The number of guanidine groups is 1. The number of rotatable bonds is 6. The molecule has 6 nitrogen and oxygen atoms in total. The summed E-state index contributed by atoms with van der Waals surface area (Å²) in [6, 6.07) is 15.2. The Labute approximate surface area is 172 Å². The lowest BCUT2D eigenvalue weighted by atomic mass is 10.0. The standard InChI is InChI=1S/C23H29N3O3/c1-16(2)17-9-11-19(12-10-17)25-23(24-15-21-8-5-13-29-21)26-22(27)18-6-4-7-20(14-18)28-3/h4,6-7,9-12,14,16,21H,5,8,13,15H2,1-3H3,(H2,24,25,26,27). The van der Waals surface area contributed by atoms with E-state index in [0.717, 1.165) is 25.1 Å². The molecule has 1 atom stereocenters. The Morgan fingerprint density at radius 3 is 2.69 bits per heavy atom. The molecule has 3 rings (SSSR count). The number of carbonyl (C=O) groups excluding carboxylic acids is 1. The van der Waals surface area contributed by atoms with Crippen molar-refractivity contribution in [2.45, 2.75) is 38.7 Å². The highest BCUT2D eigenvalue weighted by molar-refractivity contribution is 6.10. The number of anilines is 1. The predicted octanol–water partition coefficient (Wildman–Crippen LogP) is 4.20. The Balaban J connectivity index is 1.74. The van der Waals surface area contributed by atoms with Gasteiger partial charge in [-0.3, -0.25) is 10.1 Å². The summed E-state index contributed by atoms with van der Waals surface area (Å²) in [4.78, 5) is 17.3. The fraction of sp³-hybridized carbons (Fsp3) is 0.391. The molecule has 1 amide bonds. The third-order valence-corrected chi connectivity index (χ3v) is 4.88. The smallest absolute Gasteiger partial charge is 0.258 e. The van der Waals surface area contributed by atoms with Crippen molar-refractivity contribution in [1.82, 2.24) is 5.32 Å². The van der Waals surface area contributed by atoms with Crippen LogP contribution in [0.1, 0.15) is 48.5 Å². The molecule has 0 radical (unpaired) electrons. The number of aliphatic imine (C=N–C) groups is 1. The van der Waals surface area contributed by atoms with Crippen LogP contribution in [-0.4, -0.2) is 38.2 Å². The average Bonchev–Trinajstić information content (AvgIpc) is 3.26. The van der Waals surface area contributed by atoms with E-state index in [0.29, 0.717) is 29.7 Å². The summed E-state index contributed by atoms with van der Waals surface area (Å²) in [6.07, 6.45) is 2.14. The van der Waals surface area contributed by atoms with Gasteiger partial charge in [-0.2, -0.15) is 0 Å². The molecule has 0 bridgehead atoms. The van der Waals surface area contributed by atoms with Gasteiger partial charge in [-0.1, -0.05) is 32.0 Å². The highest BCUT2D eigenvalue weighted by Crippen LogP contribution is 2.18. The van der Waals surface area contributed by atoms with Crippen LogP contribution in [-0.2, 0) is 4.74 Å². The second kappa shape index (κ2) is 10.1. The van der Waals surface area contributed by atoms with E-state index in [1.54, 1.807) is 31.4 Å². The summed E-state index contributed by atoms with van der Waals surface area (Å²) < 4.78 is 10.9. The fourth-order valence-corrected chi connectivity index (χ4v) is 3.12. The molecule has 6 heteroatoms. The Hall–Kier alpha value is -2.86. The first-order valence-corrected chi connectivity index (χ1v) is 10.0. The molecule has 154 valence electrons. The van der Waals surface area contributed by atoms with Gasteiger partial charge in [-0.25, -0.2) is 4.99 Å². The van der Waals surface area contributed by atoms with Gasteiger partial charge in [0.2, 0.25) is 5.96 Å². The summed E-state index contributed by atoms with van der Waals surface area (Å²) >= 11 is 0. The lowest BCUT2D eigenvalue weighted by molar-refractivity contribution is 0.0975. The Bertz CT molecular complexity index is 841. The zero-order valence-corrected chi connectivity index (χ0v) is 17.3. The molecular formula is C23H29N3O3. The summed E-state index contributed by atoms with van der Waals surface area (Å²) in [5.74, 6) is 1.25. The van der Waals surface area contributed by atoms with Gasteiger partial charge in [0, 0.05) is 17.9 Å². The summed E-state index contributed by atoms with van der Waals surface area (Å²) in [7, 11) is 1.58. The third kappa shape index (κ3) is 6.06. The van der Waals surface area contributed by atoms with Crippen LogP contribution < -0.4 is 15.4 Å². The monoisotopic (exact) mass is 395 g/mol. The molecule has 2 N–H and O–H groups in total. The van der Waals surface area contributed by atoms with E-state index in [1.807, 2.05) is 12.1 Å². The van der Waals surface area contributed by atoms with Crippen molar-refractivity contribution >= 4 is 17.6 Å². The van der Waals surface area contributed by atoms with Crippen molar-refractivity contribution in [2.24, 2.45) is 4.99 Å². The van der Waals surface area contributed by atoms with E-state index >= 15 is 0 Å². The van der Waals surface area contributed by atoms with Gasteiger partial charge >= 0.3 is 0 Å². The SMILES string of the molecule is COc1cccc(C(=O)NC(=NCC2CCCO2)Nc2ccc(C(C)C)cc2)c1. The molecule has 0 spiro atoms. The first-order valence-electron chi connectivity index (χ1n) is 10.0. The van der Waals surface area contributed by atoms with Crippen LogP contribution in [0.2, 0.25) is 0 Å². The van der Waals surface area contributed by atoms with Crippen LogP contribution in [0, 0.1) is 0 Å². The van der Waals surface area contributed by atoms with Crippen LogP contribution in [0.3, 0.4) is 0 Å². The van der Waals surface area contributed by atoms with Gasteiger partial charge in [0.1, 0.15) is 5.75 Å². The van der Waals surface area contributed by atoms with Crippen molar-refractivity contribution in [2.75, 3.05) is 25.6 Å². The maximum Gasteiger partial charge on any atom is 0.258 e.